The number of nitrogens with one attached hydrogen (secondary N) is 1. The van der Waals surface area contributed by atoms with Crippen LogP contribution >= 0.6 is 0 Å². The number of carboxylic acid groups (broad SMARTS) is 1. The van der Waals surface area contributed by atoms with Gasteiger partial charge in [0.05, 0.1) is 5.71 Å². The number of rotatable bonds is 7. The van der Waals surface area contributed by atoms with Crippen LogP contribution in [0, 0.1) is 0 Å². The molecule has 1 aliphatic carbocycles. The minimum Gasteiger partial charge on any atom is -0.509 e. The van der Waals surface area contributed by atoms with Crippen molar-refractivity contribution in [1.29, 1.82) is 0 Å². The Bertz CT molecular complexity index is 887. The Morgan fingerprint density at radius 1 is 1.36 bits per heavy atom. The summed E-state index contributed by atoms with van der Waals surface area (Å²) in [5.41, 5.74) is 5.10. The third kappa shape index (κ3) is 4.28. The van der Waals surface area contributed by atoms with Gasteiger partial charge in [0, 0.05) is 18.5 Å². The molecule has 28 heavy (non-hydrogen) atoms. The van der Waals surface area contributed by atoms with Gasteiger partial charge < -0.3 is 10.2 Å². The van der Waals surface area contributed by atoms with Gasteiger partial charge in [-0.25, -0.2) is 5.01 Å². The van der Waals surface area contributed by atoms with Crippen LogP contribution in [0.25, 0.3) is 5.57 Å². The van der Waals surface area contributed by atoms with Crippen LogP contribution in [0.5, 0.6) is 0 Å². The third-order valence-corrected chi connectivity index (χ3v) is 4.49. The minimum absolute atomic E-state index is 0.0294. The second-order valence-electron chi connectivity index (χ2n) is 6.56. The van der Waals surface area contributed by atoms with Crippen molar-refractivity contribution in [1.82, 2.24) is 10.4 Å². The molecule has 8 heteroatoms. The molecule has 1 amide bonds. The van der Waals surface area contributed by atoms with Crippen LogP contribution in [0.1, 0.15) is 31.7 Å². The van der Waals surface area contributed by atoms with E-state index in [9.17, 15) is 14.7 Å². The number of hydrazone groups is 2. The van der Waals surface area contributed by atoms with Crippen LogP contribution in [0.2, 0.25) is 0 Å². The number of aliphatic hydroxyl groups is 1. The van der Waals surface area contributed by atoms with Crippen molar-refractivity contribution < 1.29 is 19.8 Å². The number of hydrogen-bond acceptors (Lipinski definition) is 6. The molecule has 2 aliphatic rings. The summed E-state index contributed by atoms with van der Waals surface area (Å²) in [5.74, 6) is -1.13. The number of allylic oxidation sites excluding steroid dienone is 2. The van der Waals surface area contributed by atoms with Gasteiger partial charge in [-0.15, -0.1) is 0 Å². The Balaban J connectivity index is 1.69. The molecule has 3 N–H and O–H groups in total. The lowest BCUT2D eigenvalue weighted by Gasteiger charge is -2.21. The molecule has 0 saturated carbocycles. The van der Waals surface area contributed by atoms with E-state index in [2.05, 4.69) is 15.6 Å². The maximum Gasteiger partial charge on any atom is 0.303 e. The van der Waals surface area contributed by atoms with E-state index in [1.54, 1.807) is 6.92 Å². The van der Waals surface area contributed by atoms with Gasteiger partial charge in [-0.2, -0.15) is 10.2 Å². The number of carbonyl (C=O) groups excluding carboxylic acids is 1. The number of nitrogens with zero attached hydrogens (tertiary/aromatic N) is 3. The molecule has 0 fully saturated rings. The van der Waals surface area contributed by atoms with Crippen LogP contribution in [-0.4, -0.2) is 51.1 Å². The summed E-state index contributed by atoms with van der Waals surface area (Å²) in [7, 11) is 0. The van der Waals surface area contributed by atoms with E-state index in [4.69, 9.17) is 5.11 Å². The first-order valence-corrected chi connectivity index (χ1v) is 9.05. The number of aliphatic hydroxyl groups excluding tert-OH is 1. The van der Waals surface area contributed by atoms with Crippen molar-refractivity contribution in [2.75, 3.05) is 6.54 Å². The standard InChI is InChI=1S/C20H22N4O4/c1-13-18(20(28)24(23-13)12-6-11-17(25)26)22-21-16-10-5-9-15(19(16)27)14-7-3-2-4-8-14/h2-5,7-9,16,21,27H,6,10-12H2,1H3,(H,25,26)/b22-18-. The van der Waals surface area contributed by atoms with Gasteiger partial charge in [0.2, 0.25) is 0 Å². The molecule has 146 valence electrons. The normalized spacial score (nSPS) is 20.7. The van der Waals surface area contributed by atoms with Crippen LogP contribution in [0.15, 0.2) is 58.4 Å². The van der Waals surface area contributed by atoms with Crippen molar-refractivity contribution in [2.45, 2.75) is 32.2 Å². The number of amides is 1. The predicted octanol–water partition coefficient (Wildman–Crippen LogP) is 2.31. The summed E-state index contributed by atoms with van der Waals surface area (Å²) in [6, 6.07) is 9.08. The summed E-state index contributed by atoms with van der Waals surface area (Å²) < 4.78 is 0. The SMILES string of the molecule is CC1=NN(CCCC(=O)O)C(=O)/C1=N\NC1CC=CC(c2ccccc2)=C1O. The summed E-state index contributed by atoms with van der Waals surface area (Å²) in [4.78, 5) is 23.1. The Kier molecular flexibility index (Phi) is 5.88. The molecule has 1 aromatic rings. The van der Waals surface area contributed by atoms with E-state index in [1.807, 2.05) is 42.5 Å². The highest BCUT2D eigenvalue weighted by Crippen LogP contribution is 2.26. The van der Waals surface area contributed by atoms with Crippen molar-refractivity contribution in [3.63, 3.8) is 0 Å². The first-order chi connectivity index (χ1) is 13.5. The summed E-state index contributed by atoms with van der Waals surface area (Å²) >= 11 is 0. The fraction of sp³-hybridized carbons (Fsp3) is 0.300. The second-order valence-corrected chi connectivity index (χ2v) is 6.56. The van der Waals surface area contributed by atoms with E-state index >= 15 is 0 Å². The van der Waals surface area contributed by atoms with Crippen LogP contribution < -0.4 is 5.43 Å². The second kappa shape index (κ2) is 8.51. The minimum atomic E-state index is -0.912. The molecule has 3 rings (SSSR count). The topological polar surface area (TPSA) is 115 Å². The highest BCUT2D eigenvalue weighted by atomic mass is 16.4. The Hall–Kier alpha value is -3.42. The lowest BCUT2D eigenvalue weighted by molar-refractivity contribution is -0.137. The van der Waals surface area contributed by atoms with E-state index in [0.29, 0.717) is 24.1 Å². The fourth-order valence-electron chi connectivity index (χ4n) is 3.04. The monoisotopic (exact) mass is 382 g/mol. The van der Waals surface area contributed by atoms with Gasteiger partial charge in [0.25, 0.3) is 5.91 Å². The zero-order chi connectivity index (χ0) is 20.1. The van der Waals surface area contributed by atoms with Crippen LogP contribution in [-0.2, 0) is 9.59 Å². The van der Waals surface area contributed by atoms with Crippen molar-refractivity contribution in [3.8, 4) is 0 Å². The van der Waals surface area contributed by atoms with Crippen LogP contribution in [0.4, 0.5) is 0 Å². The fourth-order valence-corrected chi connectivity index (χ4v) is 3.04. The first-order valence-electron chi connectivity index (χ1n) is 9.05. The number of aliphatic carboxylic acids is 1. The van der Waals surface area contributed by atoms with E-state index in [0.717, 1.165) is 5.56 Å². The number of carbonyl (C=O) groups is 2. The first kappa shape index (κ1) is 19.3. The molecule has 1 unspecified atom stereocenters. The third-order valence-electron chi connectivity index (χ3n) is 4.49. The molecular formula is C20H22N4O4. The van der Waals surface area contributed by atoms with Gasteiger partial charge >= 0.3 is 5.97 Å². The van der Waals surface area contributed by atoms with Gasteiger partial charge in [0.1, 0.15) is 11.8 Å². The Morgan fingerprint density at radius 2 is 2.11 bits per heavy atom. The summed E-state index contributed by atoms with van der Waals surface area (Å²) in [6.07, 6.45) is 4.63. The molecule has 8 nitrogen and oxygen atoms in total. The van der Waals surface area contributed by atoms with E-state index < -0.39 is 12.0 Å². The molecule has 0 saturated heterocycles. The number of carboxylic acids is 1. The summed E-state index contributed by atoms with van der Waals surface area (Å²) in [6.45, 7) is 1.89. The highest BCUT2D eigenvalue weighted by Gasteiger charge is 2.30. The quantitative estimate of drug-likeness (QED) is 0.626. The van der Waals surface area contributed by atoms with Crippen LogP contribution in [0.3, 0.4) is 0 Å². The highest BCUT2D eigenvalue weighted by molar-refractivity contribution is 6.68. The number of benzene rings is 1. The van der Waals surface area contributed by atoms with Gasteiger partial charge in [-0.05, 0) is 25.3 Å². The van der Waals surface area contributed by atoms with Crippen molar-refractivity contribution >= 4 is 28.9 Å². The smallest absolute Gasteiger partial charge is 0.303 e. The van der Waals surface area contributed by atoms with Gasteiger partial charge in [0.15, 0.2) is 5.71 Å². The average Bonchev–Trinajstić information content (AvgIpc) is 2.95. The Labute approximate surface area is 162 Å². The molecule has 1 aromatic carbocycles. The molecule has 1 aliphatic heterocycles. The lowest BCUT2D eigenvalue weighted by atomic mass is 9.95. The van der Waals surface area contributed by atoms with Crippen molar-refractivity contribution in [2.24, 2.45) is 10.2 Å². The van der Waals surface area contributed by atoms with Crippen molar-refractivity contribution in [3.05, 3.63) is 53.8 Å². The van der Waals surface area contributed by atoms with Gasteiger partial charge in [-0.1, -0.05) is 42.5 Å². The molecule has 1 heterocycles. The Morgan fingerprint density at radius 3 is 2.82 bits per heavy atom. The zero-order valence-electron chi connectivity index (χ0n) is 15.5. The van der Waals surface area contributed by atoms with Gasteiger partial charge in [-0.3, -0.25) is 15.0 Å². The largest absolute Gasteiger partial charge is 0.509 e. The maximum atomic E-state index is 12.4. The predicted molar refractivity (Wildman–Crippen MR) is 106 cm³/mol. The number of hydrogen-bond donors (Lipinski definition) is 3. The molecule has 1 atom stereocenters. The maximum absolute atomic E-state index is 12.4. The molecular weight excluding hydrogens is 360 g/mol. The molecule has 0 spiro atoms. The summed E-state index contributed by atoms with van der Waals surface area (Å²) in [5, 5.41) is 28.9. The molecule has 0 radical (unpaired) electrons. The zero-order valence-corrected chi connectivity index (χ0v) is 15.5. The van der Waals surface area contributed by atoms with E-state index in [1.165, 1.54) is 5.01 Å². The lowest BCUT2D eigenvalue weighted by Crippen LogP contribution is -2.34. The molecule has 0 aromatic heterocycles. The van der Waals surface area contributed by atoms with E-state index in [-0.39, 0.29) is 30.3 Å². The average molecular weight is 382 g/mol. The molecule has 0 bridgehead atoms.